The molecule has 0 amide bonds. The van der Waals surface area contributed by atoms with Gasteiger partial charge in [-0.25, -0.2) is 9.59 Å². The molecule has 1 saturated carbocycles. The molecular formula is C17H24O8. The van der Waals surface area contributed by atoms with Crippen molar-refractivity contribution in [1.82, 2.24) is 0 Å². The van der Waals surface area contributed by atoms with Crippen LogP contribution in [0, 0.1) is 11.3 Å². The smallest absolute Gasteiger partial charge is 0.330 e. The van der Waals surface area contributed by atoms with Gasteiger partial charge in [0.1, 0.15) is 0 Å². The molecule has 0 heterocycles. The first kappa shape index (κ1) is 22.4. The largest absolute Gasteiger partial charge is 0.481 e. The van der Waals surface area contributed by atoms with Crippen LogP contribution in [0.15, 0.2) is 24.8 Å². The number of hydrogen-bond acceptors (Lipinski definition) is 5. The van der Waals surface area contributed by atoms with E-state index >= 15 is 0 Å². The van der Waals surface area contributed by atoms with Crippen molar-refractivity contribution in [2.75, 3.05) is 6.61 Å². The van der Waals surface area contributed by atoms with Crippen LogP contribution in [0.4, 0.5) is 0 Å². The Morgan fingerprint density at radius 3 is 2.16 bits per heavy atom. The van der Waals surface area contributed by atoms with Crippen LogP contribution in [0.3, 0.4) is 0 Å². The zero-order valence-corrected chi connectivity index (χ0v) is 14.2. The van der Waals surface area contributed by atoms with Gasteiger partial charge < -0.3 is 20.1 Å². The third kappa shape index (κ3) is 6.78. The Labute approximate surface area is 145 Å². The van der Waals surface area contributed by atoms with Crippen LogP contribution >= 0.6 is 0 Å². The van der Waals surface area contributed by atoms with Crippen molar-refractivity contribution in [1.29, 1.82) is 0 Å². The zero-order chi connectivity index (χ0) is 19.6. The van der Waals surface area contributed by atoms with E-state index in [0.29, 0.717) is 25.7 Å². The second kappa shape index (κ2) is 10.3. The van der Waals surface area contributed by atoms with Crippen LogP contribution in [-0.4, -0.2) is 45.8 Å². The fraction of sp³-hybridized carbons (Fsp3) is 0.529. The van der Waals surface area contributed by atoms with Crippen LogP contribution in [-0.2, 0) is 23.9 Å². The van der Waals surface area contributed by atoms with Crippen molar-refractivity contribution in [2.45, 2.75) is 39.0 Å². The maximum atomic E-state index is 11.5. The normalized spacial score (nSPS) is 21.9. The molecule has 0 bridgehead atoms. The fourth-order valence-electron chi connectivity index (χ4n) is 2.65. The van der Waals surface area contributed by atoms with E-state index in [1.165, 1.54) is 6.92 Å². The number of esters is 1. The zero-order valence-electron chi connectivity index (χ0n) is 14.2. The molecule has 8 heteroatoms. The maximum absolute atomic E-state index is 11.5. The van der Waals surface area contributed by atoms with E-state index < -0.39 is 35.2 Å². The minimum Gasteiger partial charge on any atom is -0.481 e. The van der Waals surface area contributed by atoms with Crippen LogP contribution in [0.2, 0.25) is 0 Å². The topological polar surface area (TPSA) is 138 Å². The predicted molar refractivity (Wildman–Crippen MR) is 87.9 cm³/mol. The van der Waals surface area contributed by atoms with E-state index in [9.17, 15) is 29.4 Å². The summed E-state index contributed by atoms with van der Waals surface area (Å²) in [6.45, 7) is 7.73. The SMILES string of the molecule is C=C(C)C(=O)O.C=CC(=O)OCCC1(C(=O)O)CCCCC1C(=O)O. The third-order valence-electron chi connectivity index (χ3n) is 4.08. The third-order valence-corrected chi connectivity index (χ3v) is 4.08. The average molecular weight is 356 g/mol. The number of carbonyl (C=O) groups excluding carboxylic acids is 1. The molecule has 1 aliphatic carbocycles. The first-order valence-corrected chi connectivity index (χ1v) is 7.72. The van der Waals surface area contributed by atoms with Crippen molar-refractivity contribution in [2.24, 2.45) is 11.3 Å². The van der Waals surface area contributed by atoms with Crippen LogP contribution < -0.4 is 0 Å². The molecule has 0 aromatic heterocycles. The fourth-order valence-corrected chi connectivity index (χ4v) is 2.65. The molecule has 140 valence electrons. The van der Waals surface area contributed by atoms with Crippen LogP contribution in [0.25, 0.3) is 0 Å². The first-order valence-electron chi connectivity index (χ1n) is 7.72. The van der Waals surface area contributed by atoms with Crippen LogP contribution in [0.5, 0.6) is 0 Å². The molecule has 8 nitrogen and oxygen atoms in total. The van der Waals surface area contributed by atoms with E-state index in [-0.39, 0.29) is 18.6 Å². The van der Waals surface area contributed by atoms with E-state index in [1.54, 1.807) is 0 Å². The van der Waals surface area contributed by atoms with Crippen LogP contribution in [0.1, 0.15) is 39.0 Å². The van der Waals surface area contributed by atoms with Crippen molar-refractivity contribution in [3.63, 3.8) is 0 Å². The molecule has 1 rings (SSSR count). The van der Waals surface area contributed by atoms with Gasteiger partial charge >= 0.3 is 23.9 Å². The molecule has 25 heavy (non-hydrogen) atoms. The summed E-state index contributed by atoms with van der Waals surface area (Å²) >= 11 is 0. The molecule has 0 aromatic rings. The summed E-state index contributed by atoms with van der Waals surface area (Å²) in [7, 11) is 0. The Balaban J connectivity index is 0.000000823. The molecule has 3 N–H and O–H groups in total. The van der Waals surface area contributed by atoms with Gasteiger partial charge in [0.2, 0.25) is 0 Å². The highest BCUT2D eigenvalue weighted by Crippen LogP contribution is 2.44. The van der Waals surface area contributed by atoms with Gasteiger partial charge in [-0.2, -0.15) is 0 Å². The molecular weight excluding hydrogens is 332 g/mol. The lowest BCUT2D eigenvalue weighted by atomic mass is 9.64. The minimum atomic E-state index is -1.34. The van der Waals surface area contributed by atoms with Crippen molar-refractivity contribution >= 4 is 23.9 Å². The molecule has 0 aromatic carbocycles. The summed E-state index contributed by atoms with van der Waals surface area (Å²) in [5.41, 5.74) is -1.17. The predicted octanol–water partition coefficient (Wildman–Crippen LogP) is 2.10. The second-order valence-corrected chi connectivity index (χ2v) is 5.81. The highest BCUT2D eigenvalue weighted by Gasteiger charge is 2.50. The second-order valence-electron chi connectivity index (χ2n) is 5.81. The lowest BCUT2D eigenvalue weighted by molar-refractivity contribution is -0.168. The molecule has 2 unspecified atom stereocenters. The summed E-state index contributed by atoms with van der Waals surface area (Å²) in [5, 5.41) is 26.5. The van der Waals surface area contributed by atoms with Gasteiger partial charge in [-0.1, -0.05) is 26.0 Å². The van der Waals surface area contributed by atoms with Crippen molar-refractivity contribution < 1.29 is 39.2 Å². The summed E-state index contributed by atoms with van der Waals surface area (Å²) in [4.78, 5) is 43.3. The van der Waals surface area contributed by atoms with Gasteiger partial charge in [0.25, 0.3) is 0 Å². The highest BCUT2D eigenvalue weighted by atomic mass is 16.5. The van der Waals surface area contributed by atoms with E-state index in [1.807, 2.05) is 0 Å². The Hall–Kier alpha value is -2.64. The lowest BCUT2D eigenvalue weighted by Crippen LogP contribution is -2.45. The number of hydrogen-bond donors (Lipinski definition) is 3. The van der Waals surface area contributed by atoms with Gasteiger partial charge in [-0.3, -0.25) is 9.59 Å². The molecule has 1 fully saturated rings. The maximum Gasteiger partial charge on any atom is 0.330 e. The standard InChI is InChI=1S/C13H18O6.C4H6O2/c1-2-10(14)19-8-7-13(12(17)18)6-4-3-5-9(13)11(15)16;1-3(2)4(5)6/h2,9H,1,3-8H2,(H,15,16)(H,17,18);1H2,2H3,(H,5,6). The summed E-state index contributed by atoms with van der Waals surface area (Å²) < 4.78 is 4.78. The Morgan fingerprint density at radius 2 is 1.76 bits per heavy atom. The summed E-state index contributed by atoms with van der Waals surface area (Å²) in [5.74, 6) is -4.73. The van der Waals surface area contributed by atoms with Gasteiger partial charge in [0.05, 0.1) is 17.9 Å². The Kier molecular flexibility index (Phi) is 9.19. The number of aliphatic carboxylic acids is 3. The first-order chi connectivity index (χ1) is 11.6. The molecule has 1 aliphatic rings. The van der Waals surface area contributed by atoms with E-state index in [0.717, 1.165) is 6.08 Å². The Bertz CT molecular complexity index is 539. The highest BCUT2D eigenvalue weighted by molar-refractivity contribution is 5.85. The van der Waals surface area contributed by atoms with E-state index in [4.69, 9.17) is 9.84 Å². The molecule has 2 atom stereocenters. The van der Waals surface area contributed by atoms with Gasteiger partial charge in [0, 0.05) is 11.6 Å². The van der Waals surface area contributed by atoms with E-state index in [2.05, 4.69) is 13.2 Å². The summed E-state index contributed by atoms with van der Waals surface area (Å²) in [6, 6.07) is 0. The monoisotopic (exact) mass is 356 g/mol. The molecule has 0 aliphatic heterocycles. The molecule has 0 radical (unpaired) electrons. The molecule has 0 saturated heterocycles. The lowest BCUT2D eigenvalue weighted by Gasteiger charge is -2.38. The van der Waals surface area contributed by atoms with Gasteiger partial charge in [-0.15, -0.1) is 0 Å². The Morgan fingerprint density at radius 1 is 1.20 bits per heavy atom. The van der Waals surface area contributed by atoms with Gasteiger partial charge in [0.15, 0.2) is 0 Å². The minimum absolute atomic E-state index is 0.0128. The number of carboxylic acid groups (broad SMARTS) is 3. The van der Waals surface area contributed by atoms with Gasteiger partial charge in [-0.05, 0) is 26.2 Å². The van der Waals surface area contributed by atoms with Crippen molar-refractivity contribution in [3.05, 3.63) is 24.8 Å². The quantitative estimate of drug-likeness (QED) is 0.465. The summed E-state index contributed by atoms with van der Waals surface area (Å²) in [6.07, 6.45) is 3.02. The number of carboxylic acids is 3. The van der Waals surface area contributed by atoms with Crippen molar-refractivity contribution in [3.8, 4) is 0 Å². The number of rotatable bonds is 7. The molecule has 0 spiro atoms. The number of ether oxygens (including phenoxy) is 1. The number of carbonyl (C=O) groups is 4. The average Bonchev–Trinajstić information content (AvgIpc) is 2.55.